The van der Waals surface area contributed by atoms with Crippen molar-refractivity contribution in [3.05, 3.63) is 10.9 Å². The zero-order valence-corrected chi connectivity index (χ0v) is 12.7. The molecule has 0 saturated heterocycles. The van der Waals surface area contributed by atoms with Gasteiger partial charge in [-0.3, -0.25) is 0 Å². The second kappa shape index (κ2) is 5.54. The van der Waals surface area contributed by atoms with E-state index in [9.17, 15) is 0 Å². The van der Waals surface area contributed by atoms with Crippen LogP contribution in [-0.4, -0.2) is 36.3 Å². The van der Waals surface area contributed by atoms with E-state index >= 15 is 0 Å². The van der Waals surface area contributed by atoms with Gasteiger partial charge in [-0.05, 0) is 25.3 Å². The molecule has 0 spiro atoms. The molecule has 0 bridgehead atoms. The van der Waals surface area contributed by atoms with Gasteiger partial charge < -0.3 is 15.4 Å². The first-order chi connectivity index (χ1) is 9.72. The average Bonchev–Trinajstić information content (AvgIpc) is 3.18. The predicted molar refractivity (Wildman–Crippen MR) is 83.4 cm³/mol. The number of ether oxygens (including phenoxy) is 1. The minimum Gasteiger partial charge on any atom is -0.383 e. The van der Waals surface area contributed by atoms with E-state index < -0.39 is 0 Å². The topological polar surface area (TPSA) is 64.3 Å². The highest BCUT2D eigenvalue weighted by Crippen LogP contribution is 2.37. The number of hydrogen-bond acceptors (Lipinski definition) is 6. The van der Waals surface area contributed by atoms with Crippen LogP contribution in [0.3, 0.4) is 0 Å². The summed E-state index contributed by atoms with van der Waals surface area (Å²) in [4.78, 5) is 13.5. The predicted octanol–water partition coefficient (Wildman–Crippen LogP) is 2.45. The summed E-state index contributed by atoms with van der Waals surface area (Å²) in [5, 5.41) is 1.13. The Labute approximate surface area is 122 Å². The molecule has 2 aromatic heterocycles. The number of fused-ring (bicyclic) bond motifs is 1. The molecule has 1 aliphatic carbocycles. The number of methoxy groups -OCH3 is 1. The minimum atomic E-state index is 0.361. The van der Waals surface area contributed by atoms with Crippen LogP contribution in [0.4, 0.5) is 11.8 Å². The van der Waals surface area contributed by atoms with Crippen LogP contribution in [0, 0.1) is 0 Å². The third kappa shape index (κ3) is 2.58. The normalized spacial score (nSPS) is 14.9. The van der Waals surface area contributed by atoms with E-state index in [-0.39, 0.29) is 0 Å². The first kappa shape index (κ1) is 13.6. The Bertz CT molecular complexity index is 608. The van der Waals surface area contributed by atoms with Crippen molar-refractivity contribution in [3.63, 3.8) is 0 Å². The second-order valence-electron chi connectivity index (χ2n) is 5.11. The lowest BCUT2D eigenvalue weighted by atomic mass is 10.3. The smallest absolute Gasteiger partial charge is 0.223 e. The zero-order valence-electron chi connectivity index (χ0n) is 11.9. The van der Waals surface area contributed by atoms with Crippen LogP contribution in [0.1, 0.15) is 24.6 Å². The number of anilines is 2. The average molecular weight is 292 g/mol. The number of aryl methyl sites for hydroxylation is 1. The molecule has 0 unspecified atom stereocenters. The van der Waals surface area contributed by atoms with Crippen molar-refractivity contribution in [2.75, 3.05) is 30.9 Å². The maximum absolute atomic E-state index is 5.89. The summed E-state index contributed by atoms with van der Waals surface area (Å²) < 4.78 is 5.23. The van der Waals surface area contributed by atoms with Crippen molar-refractivity contribution in [2.24, 2.45) is 0 Å². The fraction of sp³-hybridized carbons (Fsp3) is 0.571. The summed E-state index contributed by atoms with van der Waals surface area (Å²) in [6, 6.07) is 2.78. The standard InChI is InChI=1S/C14H20N4OS/c1-3-10-8-11-12(16-14(15)17-13(11)20-10)18(6-7-19-2)9-4-5-9/h8-9H,3-7H2,1-2H3,(H2,15,16,17). The molecule has 3 rings (SSSR count). The number of rotatable bonds is 6. The highest BCUT2D eigenvalue weighted by molar-refractivity contribution is 7.18. The van der Waals surface area contributed by atoms with Crippen molar-refractivity contribution < 1.29 is 4.74 Å². The second-order valence-corrected chi connectivity index (χ2v) is 6.22. The summed E-state index contributed by atoms with van der Waals surface area (Å²) in [6.45, 7) is 3.71. The first-order valence-corrected chi connectivity index (χ1v) is 7.86. The monoisotopic (exact) mass is 292 g/mol. The lowest BCUT2D eigenvalue weighted by Gasteiger charge is -2.23. The van der Waals surface area contributed by atoms with E-state index in [0.29, 0.717) is 18.6 Å². The highest BCUT2D eigenvalue weighted by Gasteiger charge is 2.31. The number of nitrogens with two attached hydrogens (primary N) is 1. The summed E-state index contributed by atoms with van der Waals surface area (Å²) >= 11 is 1.71. The third-order valence-electron chi connectivity index (χ3n) is 3.59. The molecule has 108 valence electrons. The molecule has 2 aromatic rings. The Kier molecular flexibility index (Phi) is 3.76. The molecule has 0 aliphatic heterocycles. The first-order valence-electron chi connectivity index (χ1n) is 7.04. The fourth-order valence-electron chi connectivity index (χ4n) is 2.40. The molecule has 1 fully saturated rings. The number of nitrogens with zero attached hydrogens (tertiary/aromatic N) is 3. The van der Waals surface area contributed by atoms with Gasteiger partial charge in [-0.1, -0.05) is 6.92 Å². The molecular weight excluding hydrogens is 272 g/mol. The molecule has 6 heteroatoms. The summed E-state index contributed by atoms with van der Waals surface area (Å²) in [6.07, 6.45) is 3.46. The van der Waals surface area contributed by atoms with Crippen LogP contribution < -0.4 is 10.6 Å². The molecule has 0 radical (unpaired) electrons. The number of thiophene rings is 1. The lowest BCUT2D eigenvalue weighted by molar-refractivity contribution is 0.205. The van der Waals surface area contributed by atoms with Crippen LogP contribution in [0.25, 0.3) is 10.2 Å². The van der Waals surface area contributed by atoms with Gasteiger partial charge in [0, 0.05) is 24.6 Å². The van der Waals surface area contributed by atoms with Crippen molar-refractivity contribution >= 4 is 33.3 Å². The van der Waals surface area contributed by atoms with Gasteiger partial charge in [0.25, 0.3) is 0 Å². The quantitative estimate of drug-likeness (QED) is 0.886. The Morgan fingerprint density at radius 2 is 2.25 bits per heavy atom. The van der Waals surface area contributed by atoms with Crippen LogP contribution in [0.15, 0.2) is 6.07 Å². The van der Waals surface area contributed by atoms with Gasteiger partial charge >= 0.3 is 0 Å². The van der Waals surface area contributed by atoms with E-state index in [2.05, 4.69) is 27.9 Å². The van der Waals surface area contributed by atoms with Gasteiger partial charge in [-0.25, -0.2) is 4.98 Å². The Balaban J connectivity index is 2.04. The Hall–Kier alpha value is -1.40. The van der Waals surface area contributed by atoms with E-state index in [4.69, 9.17) is 10.5 Å². The zero-order chi connectivity index (χ0) is 14.1. The lowest BCUT2D eigenvalue weighted by Crippen LogP contribution is -2.30. The van der Waals surface area contributed by atoms with E-state index in [0.717, 1.165) is 29.0 Å². The molecule has 0 aromatic carbocycles. The molecule has 0 atom stereocenters. The van der Waals surface area contributed by atoms with Crippen molar-refractivity contribution in [1.29, 1.82) is 0 Å². The van der Waals surface area contributed by atoms with E-state index in [1.165, 1.54) is 17.7 Å². The van der Waals surface area contributed by atoms with Gasteiger partial charge in [0.2, 0.25) is 5.95 Å². The van der Waals surface area contributed by atoms with Crippen LogP contribution in [0.2, 0.25) is 0 Å². The van der Waals surface area contributed by atoms with Crippen molar-refractivity contribution in [3.8, 4) is 0 Å². The van der Waals surface area contributed by atoms with Crippen molar-refractivity contribution in [1.82, 2.24) is 9.97 Å². The molecule has 2 heterocycles. The molecule has 5 nitrogen and oxygen atoms in total. The molecule has 1 aliphatic rings. The summed E-state index contributed by atoms with van der Waals surface area (Å²) in [5.41, 5.74) is 5.89. The van der Waals surface area contributed by atoms with Gasteiger partial charge in [0.15, 0.2) is 0 Å². The molecule has 20 heavy (non-hydrogen) atoms. The summed E-state index contributed by atoms with van der Waals surface area (Å²) in [5.74, 6) is 1.34. The number of aromatic nitrogens is 2. The maximum Gasteiger partial charge on any atom is 0.223 e. The largest absolute Gasteiger partial charge is 0.383 e. The molecular formula is C14H20N4OS. The van der Waals surface area contributed by atoms with Gasteiger partial charge in [0.1, 0.15) is 10.6 Å². The number of hydrogen-bond donors (Lipinski definition) is 1. The van der Waals surface area contributed by atoms with Gasteiger partial charge in [-0.15, -0.1) is 11.3 Å². The van der Waals surface area contributed by atoms with Crippen molar-refractivity contribution in [2.45, 2.75) is 32.2 Å². The maximum atomic E-state index is 5.89. The van der Waals surface area contributed by atoms with E-state index in [1.807, 2.05) is 0 Å². The molecule has 1 saturated carbocycles. The Morgan fingerprint density at radius 1 is 1.45 bits per heavy atom. The fourth-order valence-corrected chi connectivity index (χ4v) is 3.37. The minimum absolute atomic E-state index is 0.361. The van der Waals surface area contributed by atoms with E-state index in [1.54, 1.807) is 18.4 Å². The SMILES string of the molecule is CCc1cc2c(N(CCOC)C3CC3)nc(N)nc2s1. The molecule has 2 N–H and O–H groups in total. The van der Waals surface area contributed by atoms with Crippen LogP contribution in [0.5, 0.6) is 0 Å². The van der Waals surface area contributed by atoms with Crippen LogP contribution in [-0.2, 0) is 11.2 Å². The number of nitrogen functional groups attached to an aromatic ring is 1. The van der Waals surface area contributed by atoms with Crippen LogP contribution >= 0.6 is 11.3 Å². The molecule has 0 amide bonds. The third-order valence-corrected chi connectivity index (χ3v) is 4.76. The van der Waals surface area contributed by atoms with Gasteiger partial charge in [-0.2, -0.15) is 4.98 Å². The Morgan fingerprint density at radius 3 is 2.90 bits per heavy atom. The van der Waals surface area contributed by atoms with Gasteiger partial charge in [0.05, 0.1) is 12.0 Å². The highest BCUT2D eigenvalue weighted by atomic mass is 32.1. The summed E-state index contributed by atoms with van der Waals surface area (Å²) in [7, 11) is 1.73.